The third-order valence-electron chi connectivity index (χ3n) is 2.58. The molecule has 5 nitrogen and oxygen atoms in total. The largest absolute Gasteiger partial charge is 0.307 e. The summed E-state index contributed by atoms with van der Waals surface area (Å²) >= 11 is 0. The van der Waals surface area contributed by atoms with Crippen LogP contribution in [-0.2, 0) is 0 Å². The first-order valence-corrected chi connectivity index (χ1v) is 5.49. The average Bonchev–Trinajstić information content (AvgIpc) is 2.90. The van der Waals surface area contributed by atoms with Gasteiger partial charge in [-0.1, -0.05) is 18.2 Å². The van der Waals surface area contributed by atoms with Crippen molar-refractivity contribution in [2.24, 2.45) is 0 Å². The summed E-state index contributed by atoms with van der Waals surface area (Å²) in [6, 6.07) is 8.43. The smallest absolute Gasteiger partial charge is 0.143 e. The summed E-state index contributed by atoms with van der Waals surface area (Å²) in [5.74, 6) is 0. The Kier molecular flexibility index (Phi) is 3.62. The molecule has 17 heavy (non-hydrogen) atoms. The Labute approximate surface area is 100 Å². The van der Waals surface area contributed by atoms with E-state index in [2.05, 4.69) is 46.5 Å². The number of hydrogen-bond donors (Lipinski definition) is 1. The summed E-state index contributed by atoms with van der Waals surface area (Å²) < 4.78 is 1.63. The van der Waals surface area contributed by atoms with Crippen molar-refractivity contribution in [2.45, 2.75) is 13.0 Å². The quantitative estimate of drug-likeness (QED) is 0.789. The number of nitrogens with zero attached hydrogens (tertiary/aromatic N) is 4. The Balaban J connectivity index is 2.10. The summed E-state index contributed by atoms with van der Waals surface area (Å²) in [6.45, 7) is 6.61. The maximum Gasteiger partial charge on any atom is 0.143 e. The molecule has 2 aromatic rings. The van der Waals surface area contributed by atoms with Gasteiger partial charge in [0.05, 0.1) is 5.69 Å². The molecule has 5 heteroatoms. The molecule has 0 saturated carbocycles. The molecule has 0 fully saturated rings. The molecule has 0 bridgehead atoms. The van der Waals surface area contributed by atoms with Gasteiger partial charge in [0.2, 0.25) is 0 Å². The summed E-state index contributed by atoms with van der Waals surface area (Å²) in [4.78, 5) is 0. The summed E-state index contributed by atoms with van der Waals surface area (Å²) in [6.07, 6.45) is 3.43. The number of hydrogen-bond acceptors (Lipinski definition) is 4. The molecule has 0 amide bonds. The van der Waals surface area contributed by atoms with Gasteiger partial charge in [0.25, 0.3) is 0 Å². The Bertz CT molecular complexity index is 460. The molecule has 1 heterocycles. The molecule has 88 valence electrons. The predicted octanol–water partition coefficient (Wildman–Crippen LogP) is 1.50. The van der Waals surface area contributed by atoms with Crippen LogP contribution in [0.15, 0.2) is 43.2 Å². The minimum Gasteiger partial charge on any atom is -0.307 e. The van der Waals surface area contributed by atoms with Crippen molar-refractivity contribution in [3.05, 3.63) is 48.8 Å². The molecule has 0 aliphatic carbocycles. The van der Waals surface area contributed by atoms with Crippen LogP contribution >= 0.6 is 0 Å². The molecule has 0 aliphatic heterocycles. The molecule has 2 rings (SSSR count). The van der Waals surface area contributed by atoms with E-state index < -0.39 is 0 Å². The second kappa shape index (κ2) is 5.36. The van der Waals surface area contributed by atoms with E-state index in [4.69, 9.17) is 0 Å². The normalized spacial score (nSPS) is 12.3. The van der Waals surface area contributed by atoms with Crippen molar-refractivity contribution < 1.29 is 0 Å². The molecule has 1 aromatic heterocycles. The maximum absolute atomic E-state index is 3.84. The minimum absolute atomic E-state index is 0.302. The zero-order valence-electron chi connectivity index (χ0n) is 9.74. The van der Waals surface area contributed by atoms with Gasteiger partial charge in [0.1, 0.15) is 6.33 Å². The van der Waals surface area contributed by atoms with Gasteiger partial charge in [-0.2, -0.15) is 0 Å². The first-order valence-electron chi connectivity index (χ1n) is 5.49. The third-order valence-corrected chi connectivity index (χ3v) is 2.58. The minimum atomic E-state index is 0.302. The second-order valence-electron chi connectivity index (χ2n) is 3.76. The van der Waals surface area contributed by atoms with Crippen LogP contribution in [0.25, 0.3) is 5.69 Å². The van der Waals surface area contributed by atoms with E-state index in [1.165, 1.54) is 5.56 Å². The highest BCUT2D eigenvalue weighted by atomic mass is 15.5. The summed E-state index contributed by atoms with van der Waals surface area (Å²) in [5, 5.41) is 14.4. The zero-order chi connectivity index (χ0) is 12.1. The maximum atomic E-state index is 3.84. The Morgan fingerprint density at radius 1 is 1.41 bits per heavy atom. The molecule has 0 aliphatic rings. The molecule has 1 N–H and O–H groups in total. The number of tetrazole rings is 1. The molecular weight excluding hydrogens is 214 g/mol. The van der Waals surface area contributed by atoms with E-state index >= 15 is 0 Å². The van der Waals surface area contributed by atoms with Crippen molar-refractivity contribution in [2.75, 3.05) is 6.54 Å². The predicted molar refractivity (Wildman–Crippen MR) is 65.8 cm³/mol. The van der Waals surface area contributed by atoms with E-state index in [-0.39, 0.29) is 0 Å². The lowest BCUT2D eigenvalue weighted by Crippen LogP contribution is -2.18. The van der Waals surface area contributed by atoms with Crippen LogP contribution in [0.2, 0.25) is 0 Å². The first kappa shape index (κ1) is 11.5. The lowest BCUT2D eigenvalue weighted by molar-refractivity contribution is 0.617. The number of aromatic nitrogens is 4. The summed E-state index contributed by atoms with van der Waals surface area (Å²) in [5.41, 5.74) is 2.18. The van der Waals surface area contributed by atoms with Crippen LogP contribution in [0.4, 0.5) is 0 Å². The van der Waals surface area contributed by atoms with Crippen LogP contribution < -0.4 is 5.32 Å². The fraction of sp³-hybridized carbons (Fsp3) is 0.250. The van der Waals surface area contributed by atoms with Gasteiger partial charge in [0.15, 0.2) is 0 Å². The number of benzene rings is 1. The monoisotopic (exact) mass is 229 g/mol. The van der Waals surface area contributed by atoms with Crippen molar-refractivity contribution in [3.63, 3.8) is 0 Å². The number of nitrogens with one attached hydrogen (secondary N) is 1. The van der Waals surface area contributed by atoms with Crippen LogP contribution in [0.1, 0.15) is 18.5 Å². The lowest BCUT2D eigenvalue weighted by Gasteiger charge is -2.13. The number of rotatable bonds is 5. The van der Waals surface area contributed by atoms with Gasteiger partial charge in [-0.25, -0.2) is 4.68 Å². The SMILES string of the molecule is C=CCNC(C)c1ccc(-n2cnnn2)cc1. The zero-order valence-corrected chi connectivity index (χ0v) is 9.74. The highest BCUT2D eigenvalue weighted by Crippen LogP contribution is 2.14. The van der Waals surface area contributed by atoms with E-state index in [9.17, 15) is 0 Å². The van der Waals surface area contributed by atoms with Gasteiger partial charge in [-0.3, -0.25) is 0 Å². The Morgan fingerprint density at radius 2 is 2.18 bits per heavy atom. The highest BCUT2D eigenvalue weighted by molar-refractivity contribution is 5.34. The van der Waals surface area contributed by atoms with Crippen LogP contribution in [0.5, 0.6) is 0 Å². The molecule has 0 saturated heterocycles. The van der Waals surface area contributed by atoms with E-state index in [0.717, 1.165) is 12.2 Å². The second-order valence-corrected chi connectivity index (χ2v) is 3.76. The topological polar surface area (TPSA) is 55.6 Å². The molecule has 0 radical (unpaired) electrons. The van der Waals surface area contributed by atoms with Gasteiger partial charge in [0, 0.05) is 12.6 Å². The van der Waals surface area contributed by atoms with Gasteiger partial charge in [-0.15, -0.1) is 11.7 Å². The summed E-state index contributed by atoms with van der Waals surface area (Å²) in [7, 11) is 0. The van der Waals surface area contributed by atoms with E-state index in [1.807, 2.05) is 18.2 Å². The van der Waals surface area contributed by atoms with Crippen molar-refractivity contribution in [3.8, 4) is 5.69 Å². The van der Waals surface area contributed by atoms with E-state index in [1.54, 1.807) is 11.0 Å². The van der Waals surface area contributed by atoms with Gasteiger partial charge >= 0.3 is 0 Å². The highest BCUT2D eigenvalue weighted by Gasteiger charge is 2.04. The molecular formula is C12H15N5. The first-order chi connectivity index (χ1) is 8.31. The van der Waals surface area contributed by atoms with Crippen molar-refractivity contribution in [1.29, 1.82) is 0 Å². The standard InChI is InChI=1S/C12H15N5/c1-3-8-13-10(2)11-4-6-12(7-5-11)17-9-14-15-16-17/h3-7,9-10,13H,1,8H2,2H3. The molecule has 1 atom stereocenters. The van der Waals surface area contributed by atoms with Gasteiger partial charge < -0.3 is 5.32 Å². The van der Waals surface area contributed by atoms with Crippen molar-refractivity contribution >= 4 is 0 Å². The van der Waals surface area contributed by atoms with Gasteiger partial charge in [-0.05, 0) is 35.0 Å². The molecule has 1 unspecified atom stereocenters. The fourth-order valence-corrected chi connectivity index (χ4v) is 1.57. The van der Waals surface area contributed by atoms with Crippen LogP contribution in [-0.4, -0.2) is 26.8 Å². The molecule has 1 aromatic carbocycles. The van der Waals surface area contributed by atoms with E-state index in [0.29, 0.717) is 6.04 Å². The third kappa shape index (κ3) is 2.76. The van der Waals surface area contributed by atoms with Crippen LogP contribution in [0.3, 0.4) is 0 Å². The Morgan fingerprint density at radius 3 is 2.76 bits per heavy atom. The lowest BCUT2D eigenvalue weighted by atomic mass is 10.1. The van der Waals surface area contributed by atoms with Crippen LogP contribution in [0, 0.1) is 0 Å². The molecule has 0 spiro atoms. The van der Waals surface area contributed by atoms with Crippen molar-refractivity contribution in [1.82, 2.24) is 25.5 Å². The Hall–Kier alpha value is -2.01. The average molecular weight is 229 g/mol. The fourth-order valence-electron chi connectivity index (χ4n) is 1.57.